The van der Waals surface area contributed by atoms with Crippen molar-refractivity contribution in [2.75, 3.05) is 12.1 Å². The van der Waals surface area contributed by atoms with E-state index in [2.05, 4.69) is 21.4 Å². The lowest BCUT2D eigenvalue weighted by atomic mass is 9.93. The van der Waals surface area contributed by atoms with Crippen LogP contribution in [0.4, 0.5) is 13.2 Å². The Hall–Kier alpha value is -2.92. The molecule has 2 aliphatic heterocycles. The van der Waals surface area contributed by atoms with Gasteiger partial charge in [-0.25, -0.2) is 4.68 Å². The molecule has 0 spiro atoms. The zero-order valence-electron chi connectivity index (χ0n) is 18.3. The average Bonchev–Trinajstić information content (AvgIpc) is 3.01. The van der Waals surface area contributed by atoms with Crippen LogP contribution < -0.4 is 10.9 Å². The fraction of sp³-hybridized carbons (Fsp3) is 0.250. The number of hydrogen-bond acceptors (Lipinski definition) is 5. The van der Waals surface area contributed by atoms with Crippen molar-refractivity contribution < 1.29 is 23.1 Å². The summed E-state index contributed by atoms with van der Waals surface area (Å²) in [6, 6.07) is 10.7. The van der Waals surface area contributed by atoms with Crippen molar-refractivity contribution in [1.29, 1.82) is 0 Å². The zero-order chi connectivity index (χ0) is 25.1. The van der Waals surface area contributed by atoms with Crippen LogP contribution in [-0.2, 0) is 12.2 Å². The number of fused-ring (bicyclic) bond motifs is 3. The van der Waals surface area contributed by atoms with Crippen molar-refractivity contribution in [3.8, 4) is 17.0 Å². The van der Waals surface area contributed by atoms with E-state index in [4.69, 9.17) is 0 Å². The lowest BCUT2D eigenvalue weighted by Crippen LogP contribution is -2.54. The van der Waals surface area contributed by atoms with Gasteiger partial charge in [0.15, 0.2) is 11.4 Å². The van der Waals surface area contributed by atoms with Gasteiger partial charge < -0.3 is 15.4 Å². The Labute approximate surface area is 210 Å². The quantitative estimate of drug-likeness (QED) is 0.453. The number of thioether (sulfide) groups is 1. The molecule has 3 aromatic rings. The van der Waals surface area contributed by atoms with E-state index in [1.807, 2.05) is 30.3 Å². The molecule has 1 aromatic heterocycles. The SMILES string of the molecule is C[C@@H](N1CNn2c(-c3ccc(Br)c4c3Cc3ccccc3SC4)cc(=O)c(O)c2C1=O)C(F)(F)F. The molecule has 0 unspecified atom stereocenters. The van der Waals surface area contributed by atoms with Crippen LogP contribution >= 0.6 is 27.7 Å². The first-order valence-electron chi connectivity index (χ1n) is 10.7. The second-order valence-corrected chi connectivity index (χ2v) is 10.2. The molecule has 2 aromatic carbocycles. The van der Waals surface area contributed by atoms with Gasteiger partial charge in [0.05, 0.1) is 5.69 Å². The molecule has 182 valence electrons. The van der Waals surface area contributed by atoms with Gasteiger partial charge in [0.25, 0.3) is 5.91 Å². The number of hydrogen-bond donors (Lipinski definition) is 2. The van der Waals surface area contributed by atoms with E-state index in [0.717, 1.165) is 33.0 Å². The van der Waals surface area contributed by atoms with Crippen LogP contribution in [0.15, 0.2) is 56.6 Å². The third kappa shape index (κ3) is 4.00. The Morgan fingerprint density at radius 1 is 1.14 bits per heavy atom. The summed E-state index contributed by atoms with van der Waals surface area (Å²) in [5.41, 5.74) is 5.43. The lowest BCUT2D eigenvalue weighted by Gasteiger charge is -2.37. The van der Waals surface area contributed by atoms with Gasteiger partial charge in [0.2, 0.25) is 5.43 Å². The zero-order valence-corrected chi connectivity index (χ0v) is 20.7. The first-order chi connectivity index (χ1) is 16.6. The smallest absolute Gasteiger partial charge is 0.408 e. The maximum atomic E-state index is 13.3. The van der Waals surface area contributed by atoms with Crippen molar-refractivity contribution in [2.45, 2.75) is 36.2 Å². The van der Waals surface area contributed by atoms with Crippen LogP contribution in [0.3, 0.4) is 0 Å². The number of aromatic nitrogens is 1. The second kappa shape index (κ2) is 8.63. The van der Waals surface area contributed by atoms with Crippen molar-refractivity contribution in [3.63, 3.8) is 0 Å². The number of benzene rings is 2. The summed E-state index contributed by atoms with van der Waals surface area (Å²) >= 11 is 5.31. The minimum Gasteiger partial charge on any atom is -0.502 e. The first kappa shape index (κ1) is 23.8. The van der Waals surface area contributed by atoms with Gasteiger partial charge >= 0.3 is 6.18 Å². The minimum atomic E-state index is -4.67. The highest BCUT2D eigenvalue weighted by Crippen LogP contribution is 2.41. The Bertz CT molecular complexity index is 1420. The number of nitrogens with zero attached hydrogens (tertiary/aromatic N) is 2. The van der Waals surface area contributed by atoms with Crippen LogP contribution in [0, 0.1) is 0 Å². The van der Waals surface area contributed by atoms with Crippen LogP contribution in [0.2, 0.25) is 0 Å². The Morgan fingerprint density at radius 2 is 1.89 bits per heavy atom. The van der Waals surface area contributed by atoms with Crippen LogP contribution in [-0.4, -0.2) is 39.5 Å². The Morgan fingerprint density at radius 3 is 2.63 bits per heavy atom. The lowest BCUT2D eigenvalue weighted by molar-refractivity contribution is -0.172. The second-order valence-electron chi connectivity index (χ2n) is 8.36. The van der Waals surface area contributed by atoms with Gasteiger partial charge in [-0.3, -0.25) is 9.59 Å². The van der Waals surface area contributed by atoms with Gasteiger partial charge in [-0.1, -0.05) is 40.2 Å². The number of carbonyl (C=O) groups excluding carboxylic acids is 1. The standard InChI is InChI=1S/C24H19BrF3N3O3S/c1-12(24(26,27)28)30-11-29-31-18(9-19(32)22(33)21(31)23(30)34)14-6-7-17(25)16-10-35-20-5-3-2-4-13(20)8-15(14)16/h2-7,9,12,29,33H,8,10-11H2,1H3/t12-/m1/s1. The molecule has 2 N–H and O–H groups in total. The third-order valence-electron chi connectivity index (χ3n) is 6.36. The molecule has 5 rings (SSSR count). The van der Waals surface area contributed by atoms with Crippen molar-refractivity contribution in [1.82, 2.24) is 9.58 Å². The Kier molecular flexibility index (Phi) is 5.87. The number of aromatic hydroxyl groups is 1. The van der Waals surface area contributed by atoms with Gasteiger partial charge in [-0.2, -0.15) is 13.2 Å². The summed E-state index contributed by atoms with van der Waals surface area (Å²) in [7, 11) is 0. The molecule has 2 aliphatic rings. The van der Waals surface area contributed by atoms with Crippen molar-refractivity contribution in [2.24, 2.45) is 0 Å². The highest BCUT2D eigenvalue weighted by molar-refractivity contribution is 9.10. The molecule has 0 radical (unpaired) electrons. The average molecular weight is 566 g/mol. The normalized spacial score (nSPS) is 16.0. The summed E-state index contributed by atoms with van der Waals surface area (Å²) in [5.74, 6) is -1.30. The predicted molar refractivity (Wildman–Crippen MR) is 130 cm³/mol. The minimum absolute atomic E-state index is 0.295. The van der Waals surface area contributed by atoms with Gasteiger partial charge in [0, 0.05) is 26.8 Å². The fourth-order valence-corrected chi connectivity index (χ4v) is 6.22. The summed E-state index contributed by atoms with van der Waals surface area (Å²) in [5, 5.41) is 10.4. The number of carbonyl (C=O) groups is 1. The predicted octanol–water partition coefficient (Wildman–Crippen LogP) is 5.09. The number of halogens is 4. The molecule has 35 heavy (non-hydrogen) atoms. The van der Waals surface area contributed by atoms with Crippen LogP contribution in [0.5, 0.6) is 5.75 Å². The van der Waals surface area contributed by atoms with Gasteiger partial charge in [-0.05, 0) is 42.2 Å². The molecule has 0 fully saturated rings. The molecule has 0 saturated heterocycles. The fourth-order valence-electron chi connectivity index (χ4n) is 4.40. The van der Waals surface area contributed by atoms with Crippen molar-refractivity contribution in [3.05, 3.63) is 79.5 Å². The van der Waals surface area contributed by atoms with E-state index >= 15 is 0 Å². The highest BCUT2D eigenvalue weighted by Gasteiger charge is 2.45. The summed E-state index contributed by atoms with van der Waals surface area (Å²) < 4.78 is 42.1. The number of rotatable bonds is 2. The van der Waals surface area contributed by atoms with Crippen LogP contribution in [0.25, 0.3) is 11.3 Å². The number of amides is 1. The van der Waals surface area contributed by atoms with Crippen molar-refractivity contribution >= 4 is 33.6 Å². The molecule has 1 atom stereocenters. The van der Waals surface area contributed by atoms with E-state index in [1.54, 1.807) is 17.8 Å². The molecule has 0 aliphatic carbocycles. The first-order valence-corrected chi connectivity index (χ1v) is 12.5. The summed E-state index contributed by atoms with van der Waals surface area (Å²) in [4.78, 5) is 27.5. The molecule has 0 saturated carbocycles. The maximum absolute atomic E-state index is 13.3. The molecular formula is C24H19BrF3N3O3S. The van der Waals surface area contributed by atoms with Gasteiger partial charge in [0.1, 0.15) is 12.7 Å². The van der Waals surface area contributed by atoms with Crippen LogP contribution in [0.1, 0.15) is 34.1 Å². The molecule has 0 bridgehead atoms. The van der Waals surface area contributed by atoms with E-state index in [-0.39, 0.29) is 0 Å². The molecule has 6 nitrogen and oxygen atoms in total. The summed E-state index contributed by atoms with van der Waals surface area (Å²) in [6.45, 7) is 0.414. The monoisotopic (exact) mass is 565 g/mol. The molecule has 3 heterocycles. The molecule has 11 heteroatoms. The summed E-state index contributed by atoms with van der Waals surface area (Å²) in [6.07, 6.45) is -4.11. The molecular weight excluding hydrogens is 547 g/mol. The largest absolute Gasteiger partial charge is 0.502 e. The number of nitrogens with one attached hydrogen (secondary N) is 1. The van der Waals surface area contributed by atoms with E-state index in [0.29, 0.717) is 28.3 Å². The molecule has 1 amide bonds. The Balaban J connectivity index is 1.69. The van der Waals surface area contributed by atoms with E-state index in [1.165, 1.54) is 10.7 Å². The number of alkyl halides is 3. The maximum Gasteiger partial charge on any atom is 0.408 e. The van der Waals surface area contributed by atoms with Gasteiger partial charge in [-0.15, -0.1) is 11.8 Å². The van der Waals surface area contributed by atoms with E-state index < -0.39 is 41.7 Å². The third-order valence-corrected chi connectivity index (χ3v) is 8.24. The number of pyridine rings is 1. The highest BCUT2D eigenvalue weighted by atomic mass is 79.9. The topological polar surface area (TPSA) is 74.6 Å². The van der Waals surface area contributed by atoms with E-state index in [9.17, 15) is 27.9 Å².